The predicted molar refractivity (Wildman–Crippen MR) is 83.2 cm³/mol. The van der Waals surface area contributed by atoms with Gasteiger partial charge in [0.2, 0.25) is 0 Å². The van der Waals surface area contributed by atoms with Crippen LogP contribution in [0.5, 0.6) is 0 Å². The Labute approximate surface area is 127 Å². The van der Waals surface area contributed by atoms with Crippen molar-refractivity contribution in [3.63, 3.8) is 0 Å². The zero-order valence-corrected chi connectivity index (χ0v) is 13.0. The van der Waals surface area contributed by atoms with E-state index in [1.807, 2.05) is 43.7 Å². The molecular formula is C16H18BrFN2. The molecule has 0 aliphatic carbocycles. The van der Waals surface area contributed by atoms with E-state index in [4.69, 9.17) is 0 Å². The van der Waals surface area contributed by atoms with Gasteiger partial charge in [0.25, 0.3) is 0 Å². The number of hydrogen-bond donors (Lipinski definition) is 1. The molecular weight excluding hydrogens is 319 g/mol. The molecule has 1 heterocycles. The molecule has 0 fully saturated rings. The third-order valence-corrected chi connectivity index (χ3v) is 4.01. The van der Waals surface area contributed by atoms with Crippen LogP contribution in [0.1, 0.15) is 17.5 Å². The molecule has 2 rings (SSSR count). The summed E-state index contributed by atoms with van der Waals surface area (Å²) in [6.07, 6.45) is 6.58. The minimum Gasteiger partial charge on any atom is -0.317 e. The van der Waals surface area contributed by atoms with Crippen LogP contribution in [0.25, 0.3) is 0 Å². The fourth-order valence-corrected chi connectivity index (χ4v) is 2.62. The molecule has 0 bridgehead atoms. The fraction of sp³-hybridized carbons (Fsp3) is 0.312. The molecule has 0 amide bonds. The molecule has 1 N–H and O–H groups in total. The molecule has 0 aliphatic rings. The summed E-state index contributed by atoms with van der Waals surface area (Å²) in [5, 5.41) is 3.33. The van der Waals surface area contributed by atoms with E-state index in [1.54, 1.807) is 0 Å². The van der Waals surface area contributed by atoms with Gasteiger partial charge in [-0.15, -0.1) is 0 Å². The lowest BCUT2D eigenvalue weighted by atomic mass is 9.99. The Morgan fingerprint density at radius 1 is 1.20 bits per heavy atom. The number of nitrogens with zero attached hydrogens (tertiary/aromatic N) is 1. The Kier molecular flexibility index (Phi) is 5.68. The molecule has 0 saturated carbocycles. The Bertz CT molecular complexity index is 545. The van der Waals surface area contributed by atoms with Crippen molar-refractivity contribution in [1.82, 2.24) is 10.3 Å². The Morgan fingerprint density at radius 3 is 2.60 bits per heavy atom. The highest BCUT2D eigenvalue weighted by atomic mass is 79.9. The first kappa shape index (κ1) is 15.1. The quantitative estimate of drug-likeness (QED) is 0.868. The molecule has 1 aromatic heterocycles. The summed E-state index contributed by atoms with van der Waals surface area (Å²) < 4.78 is 13.7. The van der Waals surface area contributed by atoms with Crippen molar-refractivity contribution in [2.75, 3.05) is 7.05 Å². The molecule has 1 aromatic carbocycles. The topological polar surface area (TPSA) is 24.9 Å². The maximum absolute atomic E-state index is 13.2. The van der Waals surface area contributed by atoms with Gasteiger partial charge in [-0.1, -0.05) is 6.07 Å². The molecule has 4 heteroatoms. The number of hydrogen-bond acceptors (Lipinski definition) is 2. The van der Waals surface area contributed by atoms with Crippen molar-refractivity contribution >= 4 is 15.9 Å². The molecule has 0 spiro atoms. The number of benzene rings is 1. The standard InChI is InChI=1S/C16H18BrFN2/c1-19-14(4-2-12-6-8-20-9-7-12)10-13-3-5-16(18)15(17)11-13/h3,5-9,11,14,19H,2,4,10H2,1H3. The van der Waals surface area contributed by atoms with Crippen LogP contribution in [-0.4, -0.2) is 18.1 Å². The van der Waals surface area contributed by atoms with Crippen molar-refractivity contribution in [3.05, 3.63) is 64.1 Å². The molecule has 0 radical (unpaired) electrons. The first-order valence-electron chi connectivity index (χ1n) is 6.69. The van der Waals surface area contributed by atoms with Gasteiger partial charge in [-0.3, -0.25) is 4.98 Å². The summed E-state index contributed by atoms with van der Waals surface area (Å²) in [5.41, 5.74) is 2.42. The van der Waals surface area contributed by atoms with Crippen LogP contribution in [0.4, 0.5) is 4.39 Å². The SMILES string of the molecule is CNC(CCc1ccncc1)Cc1ccc(F)c(Br)c1. The van der Waals surface area contributed by atoms with Crippen molar-refractivity contribution < 1.29 is 4.39 Å². The number of rotatable bonds is 6. The molecule has 1 unspecified atom stereocenters. The minimum absolute atomic E-state index is 0.216. The Hall–Kier alpha value is -1.26. The van der Waals surface area contributed by atoms with Crippen LogP contribution in [0, 0.1) is 5.82 Å². The lowest BCUT2D eigenvalue weighted by Gasteiger charge is -2.16. The van der Waals surface area contributed by atoms with Crippen LogP contribution >= 0.6 is 15.9 Å². The lowest BCUT2D eigenvalue weighted by Crippen LogP contribution is -2.28. The normalized spacial score (nSPS) is 12.3. The monoisotopic (exact) mass is 336 g/mol. The summed E-state index contributed by atoms with van der Waals surface area (Å²) >= 11 is 3.23. The summed E-state index contributed by atoms with van der Waals surface area (Å²) in [6, 6.07) is 9.67. The first-order valence-corrected chi connectivity index (χ1v) is 7.48. The van der Waals surface area contributed by atoms with Gasteiger partial charge in [0.1, 0.15) is 5.82 Å². The first-order chi connectivity index (χ1) is 9.69. The molecule has 0 aliphatic heterocycles. The number of pyridine rings is 1. The van der Waals surface area contributed by atoms with Gasteiger partial charge in [-0.2, -0.15) is 0 Å². The average Bonchev–Trinajstić information content (AvgIpc) is 2.48. The van der Waals surface area contributed by atoms with Crippen LogP contribution < -0.4 is 5.32 Å². The molecule has 20 heavy (non-hydrogen) atoms. The van der Waals surface area contributed by atoms with Crippen molar-refractivity contribution in [2.24, 2.45) is 0 Å². The van der Waals surface area contributed by atoms with E-state index in [2.05, 4.69) is 26.2 Å². The highest BCUT2D eigenvalue weighted by Crippen LogP contribution is 2.18. The van der Waals surface area contributed by atoms with Crippen LogP contribution in [0.15, 0.2) is 47.2 Å². The zero-order chi connectivity index (χ0) is 14.4. The number of likely N-dealkylation sites (N-methyl/N-ethyl adjacent to an activating group) is 1. The third kappa shape index (κ3) is 4.39. The van der Waals surface area contributed by atoms with Gasteiger partial charge in [0.15, 0.2) is 0 Å². The summed E-state index contributed by atoms with van der Waals surface area (Å²) in [6.45, 7) is 0. The fourth-order valence-electron chi connectivity index (χ4n) is 2.19. The van der Waals surface area contributed by atoms with E-state index in [9.17, 15) is 4.39 Å². The second-order valence-electron chi connectivity index (χ2n) is 4.83. The second kappa shape index (κ2) is 7.50. The van der Waals surface area contributed by atoms with Gasteiger partial charge in [-0.25, -0.2) is 4.39 Å². The molecule has 0 saturated heterocycles. The molecule has 2 nitrogen and oxygen atoms in total. The summed E-state index contributed by atoms with van der Waals surface area (Å²) in [7, 11) is 1.97. The maximum atomic E-state index is 13.2. The van der Waals surface area contributed by atoms with E-state index in [-0.39, 0.29) is 5.82 Å². The highest BCUT2D eigenvalue weighted by Gasteiger charge is 2.09. The third-order valence-electron chi connectivity index (χ3n) is 3.41. The molecule has 1 atom stereocenters. The smallest absolute Gasteiger partial charge is 0.137 e. The summed E-state index contributed by atoms with van der Waals surface area (Å²) in [4.78, 5) is 4.02. The van der Waals surface area contributed by atoms with Crippen molar-refractivity contribution in [1.29, 1.82) is 0 Å². The number of halogens is 2. The van der Waals surface area contributed by atoms with E-state index in [0.29, 0.717) is 10.5 Å². The average molecular weight is 337 g/mol. The van der Waals surface area contributed by atoms with Crippen LogP contribution in [0.2, 0.25) is 0 Å². The van der Waals surface area contributed by atoms with E-state index in [0.717, 1.165) is 24.8 Å². The zero-order valence-electron chi connectivity index (χ0n) is 11.4. The van der Waals surface area contributed by atoms with Gasteiger partial charge in [0, 0.05) is 18.4 Å². The van der Waals surface area contributed by atoms with Crippen molar-refractivity contribution in [2.45, 2.75) is 25.3 Å². The van der Waals surface area contributed by atoms with E-state index < -0.39 is 0 Å². The molecule has 2 aromatic rings. The highest BCUT2D eigenvalue weighted by molar-refractivity contribution is 9.10. The van der Waals surface area contributed by atoms with E-state index in [1.165, 1.54) is 11.6 Å². The largest absolute Gasteiger partial charge is 0.317 e. The van der Waals surface area contributed by atoms with Gasteiger partial charge < -0.3 is 5.32 Å². The maximum Gasteiger partial charge on any atom is 0.137 e. The number of aryl methyl sites for hydroxylation is 1. The van der Waals surface area contributed by atoms with Crippen molar-refractivity contribution in [3.8, 4) is 0 Å². The Balaban J connectivity index is 1.93. The number of nitrogens with one attached hydrogen (secondary N) is 1. The minimum atomic E-state index is -0.216. The van der Waals surface area contributed by atoms with Gasteiger partial charge in [0.05, 0.1) is 4.47 Å². The lowest BCUT2D eigenvalue weighted by molar-refractivity contribution is 0.519. The van der Waals surface area contributed by atoms with Crippen LogP contribution in [-0.2, 0) is 12.8 Å². The predicted octanol–water partition coefficient (Wildman–Crippen LogP) is 3.75. The second-order valence-corrected chi connectivity index (χ2v) is 5.69. The summed E-state index contributed by atoms with van der Waals surface area (Å²) in [5.74, 6) is -0.216. The Morgan fingerprint density at radius 2 is 1.95 bits per heavy atom. The molecule has 106 valence electrons. The van der Waals surface area contributed by atoms with Gasteiger partial charge in [-0.05, 0) is 77.6 Å². The van der Waals surface area contributed by atoms with Crippen LogP contribution in [0.3, 0.4) is 0 Å². The van der Waals surface area contributed by atoms with Gasteiger partial charge >= 0.3 is 0 Å². The number of aromatic nitrogens is 1. The van der Waals surface area contributed by atoms with E-state index >= 15 is 0 Å².